The Kier molecular flexibility index (Phi) is 5.49. The molecule has 168 valence electrons. The molecule has 0 saturated heterocycles. The first-order valence-electron chi connectivity index (χ1n) is 10.5. The number of hydrogen-bond donors (Lipinski definition) is 0. The highest BCUT2D eigenvalue weighted by Crippen LogP contribution is 2.42. The summed E-state index contributed by atoms with van der Waals surface area (Å²) in [6.07, 6.45) is -0.286. The van der Waals surface area contributed by atoms with E-state index in [1.54, 1.807) is 32.9 Å². The maximum absolute atomic E-state index is 13.5. The van der Waals surface area contributed by atoms with Crippen molar-refractivity contribution in [2.24, 2.45) is 0 Å². The van der Waals surface area contributed by atoms with E-state index >= 15 is 0 Å². The minimum absolute atomic E-state index is 0.209. The summed E-state index contributed by atoms with van der Waals surface area (Å²) < 4.78 is 5.37. The Morgan fingerprint density at radius 3 is 1.91 bits per heavy atom. The Balaban J connectivity index is 1.90. The van der Waals surface area contributed by atoms with Gasteiger partial charge >= 0.3 is 5.97 Å². The van der Waals surface area contributed by atoms with E-state index in [9.17, 15) is 19.7 Å². The van der Waals surface area contributed by atoms with Gasteiger partial charge < -0.3 is 4.74 Å². The summed E-state index contributed by atoms with van der Waals surface area (Å²) in [5.74, 6) is -1.85. The highest BCUT2D eigenvalue weighted by Gasteiger charge is 2.57. The fourth-order valence-corrected chi connectivity index (χ4v) is 4.04. The summed E-state index contributed by atoms with van der Waals surface area (Å²) in [7, 11) is 0. The SMILES string of the molecule is CC(C)(C)OC(=O)[C@@]1(O[N+](=O)[O-])Cc2cc(-c3ccccc3)c(-c3ccccc3)cc2C1=O. The van der Waals surface area contributed by atoms with E-state index in [0.717, 1.165) is 22.3 Å². The standard InChI is InChI=1S/C26H23NO6/c1-25(2,3)32-24(29)26(33-27(30)31)16-19-14-20(17-10-6-4-7-11-17)21(15-22(19)23(26)28)18-12-8-5-9-13-18/h4-15H,16H2,1-3H3/t26-/m1/s1. The second-order valence-corrected chi connectivity index (χ2v) is 8.94. The van der Waals surface area contributed by atoms with Crippen LogP contribution in [0, 0.1) is 10.1 Å². The second kappa shape index (κ2) is 8.16. The first-order valence-corrected chi connectivity index (χ1v) is 10.5. The van der Waals surface area contributed by atoms with Gasteiger partial charge in [-0.2, -0.15) is 0 Å². The molecule has 0 spiro atoms. The van der Waals surface area contributed by atoms with Crippen molar-refractivity contribution in [3.63, 3.8) is 0 Å². The average Bonchev–Trinajstić information content (AvgIpc) is 3.04. The molecule has 1 aliphatic rings. The molecule has 0 heterocycles. The summed E-state index contributed by atoms with van der Waals surface area (Å²) in [6.45, 7) is 4.87. The number of rotatable bonds is 5. The molecule has 3 aromatic rings. The van der Waals surface area contributed by atoms with E-state index in [1.807, 2.05) is 60.7 Å². The third kappa shape index (κ3) is 4.22. The summed E-state index contributed by atoms with van der Waals surface area (Å²) >= 11 is 0. The molecule has 0 unspecified atom stereocenters. The van der Waals surface area contributed by atoms with Gasteiger partial charge in [-0.3, -0.25) is 9.63 Å². The van der Waals surface area contributed by atoms with Gasteiger partial charge in [-0.15, -0.1) is 10.1 Å². The smallest absolute Gasteiger partial charge is 0.347 e. The van der Waals surface area contributed by atoms with Crippen LogP contribution in [0.5, 0.6) is 0 Å². The number of benzene rings is 3. The molecule has 0 saturated carbocycles. The Morgan fingerprint density at radius 1 is 0.909 bits per heavy atom. The van der Waals surface area contributed by atoms with Crippen LogP contribution in [0.15, 0.2) is 72.8 Å². The molecule has 33 heavy (non-hydrogen) atoms. The van der Waals surface area contributed by atoms with Crippen LogP contribution in [0.3, 0.4) is 0 Å². The molecule has 0 aromatic heterocycles. The lowest BCUT2D eigenvalue weighted by molar-refractivity contribution is -0.771. The minimum atomic E-state index is -2.37. The van der Waals surface area contributed by atoms with Crippen LogP contribution in [0.4, 0.5) is 0 Å². The molecule has 1 atom stereocenters. The van der Waals surface area contributed by atoms with Gasteiger partial charge in [-0.05, 0) is 60.7 Å². The molecule has 0 amide bonds. The van der Waals surface area contributed by atoms with Crippen LogP contribution in [0.1, 0.15) is 36.7 Å². The maximum atomic E-state index is 13.5. The van der Waals surface area contributed by atoms with Crippen LogP contribution in [0.2, 0.25) is 0 Å². The predicted molar refractivity (Wildman–Crippen MR) is 122 cm³/mol. The van der Waals surface area contributed by atoms with Gasteiger partial charge in [-0.1, -0.05) is 60.7 Å². The quantitative estimate of drug-likeness (QED) is 0.236. The number of hydrogen-bond acceptors (Lipinski definition) is 6. The first kappa shape index (κ1) is 22.2. The van der Waals surface area contributed by atoms with Gasteiger partial charge in [0.1, 0.15) is 5.60 Å². The lowest BCUT2D eigenvalue weighted by Gasteiger charge is -2.28. The van der Waals surface area contributed by atoms with Crippen molar-refractivity contribution in [2.45, 2.75) is 38.4 Å². The zero-order valence-corrected chi connectivity index (χ0v) is 18.5. The fourth-order valence-electron chi connectivity index (χ4n) is 4.04. The second-order valence-electron chi connectivity index (χ2n) is 8.94. The third-order valence-electron chi connectivity index (χ3n) is 5.42. The molecule has 4 rings (SSSR count). The van der Waals surface area contributed by atoms with Crippen molar-refractivity contribution in [3.8, 4) is 22.3 Å². The number of carbonyl (C=O) groups is 2. The van der Waals surface area contributed by atoms with Gasteiger partial charge in [0.2, 0.25) is 5.78 Å². The summed E-state index contributed by atoms with van der Waals surface area (Å²) in [6, 6.07) is 22.6. The van der Waals surface area contributed by atoms with E-state index in [4.69, 9.17) is 9.57 Å². The lowest BCUT2D eigenvalue weighted by Crippen LogP contribution is -2.51. The number of carbonyl (C=O) groups excluding carboxylic acids is 2. The molecule has 0 radical (unpaired) electrons. The zero-order valence-electron chi connectivity index (χ0n) is 18.5. The molecule has 7 nitrogen and oxygen atoms in total. The largest absolute Gasteiger partial charge is 0.458 e. The average molecular weight is 445 g/mol. The van der Waals surface area contributed by atoms with Crippen molar-refractivity contribution >= 4 is 11.8 Å². The van der Waals surface area contributed by atoms with Crippen LogP contribution in [0.25, 0.3) is 22.3 Å². The Bertz CT molecular complexity index is 1230. The molecular weight excluding hydrogens is 422 g/mol. The molecule has 7 heteroatoms. The maximum Gasteiger partial charge on any atom is 0.347 e. The Labute approximate surface area is 191 Å². The summed E-state index contributed by atoms with van der Waals surface area (Å²) in [4.78, 5) is 42.6. The lowest BCUT2D eigenvalue weighted by atomic mass is 9.91. The number of nitrogens with zero attached hydrogens (tertiary/aromatic N) is 1. The van der Waals surface area contributed by atoms with E-state index in [1.165, 1.54) is 0 Å². The number of esters is 1. The van der Waals surface area contributed by atoms with E-state index in [-0.39, 0.29) is 12.0 Å². The van der Waals surface area contributed by atoms with Gasteiger partial charge in [-0.25, -0.2) is 4.79 Å². The first-order chi connectivity index (χ1) is 15.6. The molecule has 1 aliphatic carbocycles. The van der Waals surface area contributed by atoms with Gasteiger partial charge in [0.25, 0.3) is 10.7 Å². The zero-order chi connectivity index (χ0) is 23.8. The molecule has 0 aliphatic heterocycles. The van der Waals surface area contributed by atoms with Crippen LogP contribution < -0.4 is 0 Å². The number of ketones is 1. The minimum Gasteiger partial charge on any atom is -0.458 e. The number of fused-ring (bicyclic) bond motifs is 1. The highest BCUT2D eigenvalue weighted by atomic mass is 17.0. The van der Waals surface area contributed by atoms with Gasteiger partial charge in [0, 0.05) is 12.0 Å². The van der Waals surface area contributed by atoms with Crippen molar-refractivity contribution in [1.29, 1.82) is 0 Å². The monoisotopic (exact) mass is 445 g/mol. The Morgan fingerprint density at radius 2 is 1.42 bits per heavy atom. The topological polar surface area (TPSA) is 95.7 Å². The van der Waals surface area contributed by atoms with Crippen molar-refractivity contribution in [2.75, 3.05) is 0 Å². The van der Waals surface area contributed by atoms with E-state index in [0.29, 0.717) is 5.56 Å². The molecular formula is C26H23NO6. The van der Waals surface area contributed by atoms with Crippen LogP contribution in [-0.2, 0) is 20.8 Å². The number of ether oxygens (including phenoxy) is 1. The molecule has 0 N–H and O–H groups in total. The molecule has 0 bridgehead atoms. The molecule has 3 aromatic carbocycles. The van der Waals surface area contributed by atoms with Gasteiger partial charge in [0.15, 0.2) is 0 Å². The molecule has 0 fully saturated rings. The van der Waals surface area contributed by atoms with Crippen molar-refractivity contribution < 1.29 is 24.3 Å². The van der Waals surface area contributed by atoms with E-state index < -0.39 is 28.0 Å². The Hall–Kier alpha value is -4.00. The van der Waals surface area contributed by atoms with Gasteiger partial charge in [0.05, 0.1) is 0 Å². The van der Waals surface area contributed by atoms with E-state index in [2.05, 4.69) is 0 Å². The van der Waals surface area contributed by atoms with Crippen LogP contribution in [-0.4, -0.2) is 28.0 Å². The third-order valence-corrected chi connectivity index (χ3v) is 5.42. The highest BCUT2D eigenvalue weighted by molar-refractivity contribution is 6.19. The normalized spacial score (nSPS) is 17.4. The number of Topliss-reactive ketones (excluding diaryl/α,β-unsaturated/α-hetero) is 1. The van der Waals surface area contributed by atoms with Crippen molar-refractivity contribution in [3.05, 3.63) is 94.0 Å². The fraction of sp³-hybridized carbons (Fsp3) is 0.231. The summed E-state index contributed by atoms with van der Waals surface area (Å²) in [5, 5.41) is 10.2. The van der Waals surface area contributed by atoms with Crippen molar-refractivity contribution in [1.82, 2.24) is 0 Å². The summed E-state index contributed by atoms with van der Waals surface area (Å²) in [5.41, 5.74) is 0.775. The predicted octanol–water partition coefficient (Wildman–Crippen LogP) is 5.05. The van der Waals surface area contributed by atoms with Crippen LogP contribution >= 0.6 is 0 Å².